The Kier molecular flexibility index (Phi) is 8.90. The molecule has 40 heavy (non-hydrogen) atoms. The number of carboxylic acid groups (broad SMARTS) is 1. The average Bonchev–Trinajstić information content (AvgIpc) is 3.25. The van der Waals surface area contributed by atoms with Gasteiger partial charge in [-0.15, -0.1) is 0 Å². The number of aliphatic carboxylic acids is 1. The van der Waals surface area contributed by atoms with E-state index < -0.39 is 41.6 Å². The van der Waals surface area contributed by atoms with Crippen LogP contribution in [0, 0.1) is 5.41 Å². The van der Waals surface area contributed by atoms with Crippen LogP contribution in [0.1, 0.15) is 50.3 Å². The van der Waals surface area contributed by atoms with Crippen LogP contribution in [0.3, 0.4) is 0 Å². The number of benzene rings is 3. The van der Waals surface area contributed by atoms with E-state index in [0.717, 1.165) is 27.8 Å². The molecule has 0 saturated heterocycles. The summed E-state index contributed by atoms with van der Waals surface area (Å²) in [7, 11) is 0. The van der Waals surface area contributed by atoms with Crippen molar-refractivity contribution in [1.29, 1.82) is 0 Å². The minimum atomic E-state index is -1.19. The third-order valence-corrected chi connectivity index (χ3v) is 7.12. The molecule has 0 aromatic heterocycles. The molecule has 2 amide bonds. The van der Waals surface area contributed by atoms with E-state index >= 15 is 0 Å². The lowest BCUT2D eigenvalue weighted by Crippen LogP contribution is -2.58. The molecular formula is C32H36N2O6. The summed E-state index contributed by atoms with van der Waals surface area (Å²) >= 11 is 0. The number of carboxylic acids is 1. The van der Waals surface area contributed by atoms with Crippen LogP contribution in [0.15, 0.2) is 78.9 Å². The maximum atomic E-state index is 13.4. The van der Waals surface area contributed by atoms with E-state index in [4.69, 9.17) is 9.47 Å². The van der Waals surface area contributed by atoms with Gasteiger partial charge in [0.05, 0.1) is 12.7 Å². The van der Waals surface area contributed by atoms with Gasteiger partial charge in [0.15, 0.2) is 0 Å². The molecule has 3 atom stereocenters. The lowest BCUT2D eigenvalue weighted by molar-refractivity contribution is -0.146. The summed E-state index contributed by atoms with van der Waals surface area (Å²) in [4.78, 5) is 38.3. The smallest absolute Gasteiger partial charge is 0.407 e. The van der Waals surface area contributed by atoms with Crippen molar-refractivity contribution in [3.8, 4) is 11.1 Å². The molecule has 8 heteroatoms. The molecule has 0 spiro atoms. The second-order valence-corrected chi connectivity index (χ2v) is 11.1. The fourth-order valence-electron chi connectivity index (χ4n) is 4.94. The first-order chi connectivity index (χ1) is 19.1. The molecule has 0 radical (unpaired) electrons. The third kappa shape index (κ3) is 6.69. The Morgan fingerprint density at radius 2 is 1.40 bits per heavy atom. The van der Waals surface area contributed by atoms with Gasteiger partial charge in [0, 0.05) is 5.92 Å². The SMILES string of the molecule is CC(OCc1ccccc1)C(NC(=O)OCC1c2ccccc2-c2ccccc21)C(=O)N[C@H](C(=O)O)C(C)(C)C. The van der Waals surface area contributed by atoms with E-state index in [9.17, 15) is 19.5 Å². The molecule has 0 saturated carbocycles. The standard InChI is InChI=1S/C32H36N2O6/c1-20(39-18-21-12-6-5-7-13-21)27(29(35)34-28(30(36)37)32(2,3)4)33-31(38)40-19-26-24-16-10-8-14-22(24)23-15-9-11-17-25(23)26/h5-17,20,26-28H,18-19H2,1-4H3,(H,33,38)(H,34,35)(H,36,37)/t20?,27?,28-/m1/s1. The van der Waals surface area contributed by atoms with Gasteiger partial charge in [-0.2, -0.15) is 0 Å². The van der Waals surface area contributed by atoms with E-state index in [0.29, 0.717) is 0 Å². The zero-order chi connectivity index (χ0) is 28.9. The van der Waals surface area contributed by atoms with E-state index in [1.54, 1.807) is 27.7 Å². The van der Waals surface area contributed by atoms with Crippen molar-refractivity contribution < 1.29 is 29.0 Å². The van der Waals surface area contributed by atoms with Crippen LogP contribution >= 0.6 is 0 Å². The molecule has 2 unspecified atom stereocenters. The maximum Gasteiger partial charge on any atom is 0.407 e. The zero-order valence-corrected chi connectivity index (χ0v) is 23.2. The first kappa shape index (κ1) is 28.8. The van der Waals surface area contributed by atoms with Crippen LogP contribution in [0.2, 0.25) is 0 Å². The molecule has 3 aromatic carbocycles. The van der Waals surface area contributed by atoms with E-state index in [1.165, 1.54) is 0 Å². The summed E-state index contributed by atoms with van der Waals surface area (Å²) in [5.41, 5.74) is 4.49. The number of hydrogen-bond donors (Lipinski definition) is 3. The van der Waals surface area contributed by atoms with Gasteiger partial charge in [-0.25, -0.2) is 9.59 Å². The second-order valence-electron chi connectivity index (χ2n) is 11.1. The Morgan fingerprint density at radius 1 is 0.850 bits per heavy atom. The quantitative estimate of drug-likeness (QED) is 0.327. The van der Waals surface area contributed by atoms with Crippen LogP contribution < -0.4 is 10.6 Å². The van der Waals surface area contributed by atoms with Crippen molar-refractivity contribution in [3.63, 3.8) is 0 Å². The van der Waals surface area contributed by atoms with Crippen LogP contribution in [-0.4, -0.2) is 47.9 Å². The maximum absolute atomic E-state index is 13.4. The topological polar surface area (TPSA) is 114 Å². The number of hydrogen-bond acceptors (Lipinski definition) is 5. The van der Waals surface area contributed by atoms with Gasteiger partial charge in [-0.05, 0) is 40.2 Å². The molecule has 3 aromatic rings. The van der Waals surface area contributed by atoms with E-state index in [2.05, 4.69) is 22.8 Å². The number of fused-ring (bicyclic) bond motifs is 3. The predicted octanol–water partition coefficient (Wildman–Crippen LogP) is 5.11. The number of ether oxygens (including phenoxy) is 2. The van der Waals surface area contributed by atoms with Gasteiger partial charge in [0.1, 0.15) is 18.7 Å². The molecule has 210 valence electrons. The highest BCUT2D eigenvalue weighted by molar-refractivity contribution is 5.90. The summed E-state index contributed by atoms with van der Waals surface area (Å²) in [5.74, 6) is -1.98. The van der Waals surface area contributed by atoms with Crippen molar-refractivity contribution in [2.24, 2.45) is 5.41 Å². The largest absolute Gasteiger partial charge is 0.480 e. The Balaban J connectivity index is 1.48. The van der Waals surface area contributed by atoms with Crippen molar-refractivity contribution >= 4 is 18.0 Å². The number of alkyl carbamates (subject to hydrolysis) is 1. The average molecular weight is 545 g/mol. The lowest BCUT2D eigenvalue weighted by atomic mass is 9.86. The number of carbonyl (C=O) groups is 3. The first-order valence-electron chi connectivity index (χ1n) is 13.4. The highest BCUT2D eigenvalue weighted by Gasteiger charge is 2.37. The normalized spacial score (nSPS) is 14.8. The van der Waals surface area contributed by atoms with Crippen molar-refractivity contribution in [2.75, 3.05) is 6.61 Å². The van der Waals surface area contributed by atoms with Crippen molar-refractivity contribution in [1.82, 2.24) is 10.6 Å². The number of nitrogens with one attached hydrogen (secondary N) is 2. The third-order valence-electron chi connectivity index (χ3n) is 7.12. The molecule has 1 aliphatic rings. The van der Waals surface area contributed by atoms with Gasteiger partial charge in [0.25, 0.3) is 0 Å². The van der Waals surface area contributed by atoms with E-state index in [1.807, 2.05) is 66.7 Å². The lowest BCUT2D eigenvalue weighted by Gasteiger charge is -2.31. The summed E-state index contributed by atoms with van der Waals surface area (Å²) in [6, 6.07) is 23.1. The summed E-state index contributed by atoms with van der Waals surface area (Å²) in [6.07, 6.45) is -1.57. The van der Waals surface area contributed by atoms with Crippen LogP contribution in [0.5, 0.6) is 0 Å². The van der Waals surface area contributed by atoms with Crippen LogP contribution in [0.4, 0.5) is 4.79 Å². The van der Waals surface area contributed by atoms with Gasteiger partial charge in [-0.3, -0.25) is 4.79 Å². The minimum Gasteiger partial charge on any atom is -0.480 e. The van der Waals surface area contributed by atoms with Crippen LogP contribution in [-0.2, 0) is 25.7 Å². The molecular weight excluding hydrogens is 508 g/mol. The molecule has 4 rings (SSSR count). The van der Waals surface area contributed by atoms with Crippen LogP contribution in [0.25, 0.3) is 11.1 Å². The van der Waals surface area contributed by atoms with Gasteiger partial charge in [-0.1, -0.05) is 99.6 Å². The highest BCUT2D eigenvalue weighted by atomic mass is 16.5. The molecule has 0 aliphatic heterocycles. The summed E-state index contributed by atoms with van der Waals surface area (Å²) in [6.45, 7) is 7.09. The van der Waals surface area contributed by atoms with Crippen molar-refractivity contribution in [3.05, 3.63) is 95.6 Å². The predicted molar refractivity (Wildman–Crippen MR) is 152 cm³/mol. The number of rotatable bonds is 10. The summed E-state index contributed by atoms with van der Waals surface area (Å²) < 4.78 is 11.6. The summed E-state index contributed by atoms with van der Waals surface area (Å²) in [5, 5.41) is 14.9. The van der Waals surface area contributed by atoms with Crippen molar-refractivity contribution in [2.45, 2.75) is 58.4 Å². The highest BCUT2D eigenvalue weighted by Crippen LogP contribution is 2.44. The molecule has 0 bridgehead atoms. The Labute approximate surface area is 234 Å². The molecule has 0 heterocycles. The zero-order valence-electron chi connectivity index (χ0n) is 23.2. The Hall–Kier alpha value is -4.17. The van der Waals surface area contributed by atoms with Gasteiger partial charge < -0.3 is 25.2 Å². The molecule has 8 nitrogen and oxygen atoms in total. The number of amides is 2. The molecule has 1 aliphatic carbocycles. The van der Waals surface area contributed by atoms with E-state index in [-0.39, 0.29) is 19.1 Å². The number of carbonyl (C=O) groups excluding carboxylic acids is 2. The fourth-order valence-corrected chi connectivity index (χ4v) is 4.94. The fraction of sp³-hybridized carbons (Fsp3) is 0.344. The van der Waals surface area contributed by atoms with Gasteiger partial charge in [0.2, 0.25) is 5.91 Å². The molecule has 3 N–H and O–H groups in total. The Bertz CT molecular complexity index is 1310. The molecule has 0 fully saturated rings. The van der Waals surface area contributed by atoms with Gasteiger partial charge >= 0.3 is 12.1 Å². The minimum absolute atomic E-state index is 0.0766. The monoisotopic (exact) mass is 544 g/mol. The second kappa shape index (κ2) is 12.3. The Morgan fingerprint density at radius 3 is 1.95 bits per heavy atom. The first-order valence-corrected chi connectivity index (χ1v) is 13.4.